The Labute approximate surface area is 155 Å². The van der Waals surface area contributed by atoms with E-state index >= 15 is 0 Å². The van der Waals surface area contributed by atoms with Crippen molar-refractivity contribution in [2.24, 2.45) is 0 Å². The molecular weight excluding hydrogens is 363 g/mol. The fourth-order valence-corrected chi connectivity index (χ4v) is 3.17. The number of nitrogens with one attached hydrogen (secondary N) is 1. The molecule has 1 aliphatic rings. The maximum absolute atomic E-state index is 12.7. The summed E-state index contributed by atoms with van der Waals surface area (Å²) in [6.07, 6.45) is 0.0605. The number of imide groups is 1. The van der Waals surface area contributed by atoms with Crippen LogP contribution in [0.3, 0.4) is 0 Å². The van der Waals surface area contributed by atoms with Crippen molar-refractivity contribution in [3.05, 3.63) is 52.5 Å². The first-order valence-electron chi connectivity index (χ1n) is 7.81. The van der Waals surface area contributed by atoms with Gasteiger partial charge in [0.1, 0.15) is 11.8 Å². The Hall–Kier alpha value is -2.24. The van der Waals surface area contributed by atoms with Gasteiger partial charge >= 0.3 is 0 Å². The summed E-state index contributed by atoms with van der Waals surface area (Å²) >= 11 is 12.0. The van der Waals surface area contributed by atoms with E-state index in [4.69, 9.17) is 27.9 Å². The van der Waals surface area contributed by atoms with Gasteiger partial charge in [-0.2, -0.15) is 0 Å². The minimum absolute atomic E-state index is 0.0605. The number of rotatable bonds is 5. The number of hydrogen-bond donors (Lipinski definition) is 1. The number of carbonyl (C=O) groups excluding carboxylic acids is 2. The highest BCUT2D eigenvalue weighted by molar-refractivity contribution is 6.38. The molecule has 0 spiro atoms. The molecule has 25 heavy (non-hydrogen) atoms. The van der Waals surface area contributed by atoms with E-state index in [0.29, 0.717) is 17.3 Å². The lowest BCUT2D eigenvalue weighted by Crippen LogP contribution is -2.35. The number of halogens is 2. The zero-order chi connectivity index (χ0) is 18.0. The number of carbonyl (C=O) groups is 2. The summed E-state index contributed by atoms with van der Waals surface area (Å²) in [5.41, 5.74) is 1.08. The van der Waals surface area contributed by atoms with Crippen LogP contribution in [0.15, 0.2) is 42.5 Å². The molecule has 1 aliphatic heterocycles. The molecule has 0 bridgehead atoms. The SMILES string of the molecule is CCOc1ccc(N[C@@H]2CC(=O)N(c3ccc(Cl)cc3Cl)C2=O)cc1. The van der Waals surface area contributed by atoms with E-state index in [0.717, 1.165) is 16.3 Å². The van der Waals surface area contributed by atoms with Gasteiger partial charge in [-0.1, -0.05) is 23.2 Å². The molecule has 130 valence electrons. The van der Waals surface area contributed by atoms with Gasteiger partial charge in [0.25, 0.3) is 5.91 Å². The minimum Gasteiger partial charge on any atom is -0.494 e. The number of amides is 2. The molecule has 0 aliphatic carbocycles. The summed E-state index contributed by atoms with van der Waals surface area (Å²) in [7, 11) is 0. The topological polar surface area (TPSA) is 58.6 Å². The number of ether oxygens (including phenoxy) is 1. The van der Waals surface area contributed by atoms with E-state index in [9.17, 15) is 9.59 Å². The molecule has 3 rings (SSSR count). The Bertz CT molecular complexity index is 808. The summed E-state index contributed by atoms with van der Waals surface area (Å²) in [5.74, 6) is 0.0946. The van der Waals surface area contributed by atoms with Crippen LogP contribution in [0.1, 0.15) is 13.3 Å². The lowest BCUT2D eigenvalue weighted by Gasteiger charge is -2.17. The van der Waals surface area contributed by atoms with Crippen LogP contribution >= 0.6 is 23.2 Å². The Morgan fingerprint density at radius 1 is 1.16 bits per heavy atom. The zero-order valence-corrected chi connectivity index (χ0v) is 15.0. The van der Waals surface area contributed by atoms with Crippen LogP contribution in [0.25, 0.3) is 0 Å². The highest BCUT2D eigenvalue weighted by atomic mass is 35.5. The number of nitrogens with zero attached hydrogens (tertiary/aromatic N) is 1. The van der Waals surface area contributed by atoms with Crippen molar-refractivity contribution >= 4 is 46.4 Å². The van der Waals surface area contributed by atoms with Crippen LogP contribution in [0.2, 0.25) is 10.0 Å². The molecule has 2 aromatic rings. The van der Waals surface area contributed by atoms with Gasteiger partial charge in [0.2, 0.25) is 5.91 Å². The molecule has 0 saturated carbocycles. The Kier molecular flexibility index (Phi) is 5.16. The predicted octanol–water partition coefficient (Wildman–Crippen LogP) is 4.14. The lowest BCUT2D eigenvalue weighted by molar-refractivity contribution is -0.121. The van der Waals surface area contributed by atoms with E-state index in [1.54, 1.807) is 36.4 Å². The summed E-state index contributed by atoms with van der Waals surface area (Å²) < 4.78 is 5.38. The molecule has 1 heterocycles. The quantitative estimate of drug-likeness (QED) is 0.794. The Balaban J connectivity index is 1.76. The Morgan fingerprint density at radius 3 is 2.52 bits per heavy atom. The molecule has 2 aromatic carbocycles. The van der Waals surface area contributed by atoms with Crippen molar-refractivity contribution in [3.8, 4) is 5.75 Å². The number of hydrogen-bond acceptors (Lipinski definition) is 4. The first-order valence-corrected chi connectivity index (χ1v) is 8.56. The van der Waals surface area contributed by atoms with Crippen LogP contribution in [0, 0.1) is 0 Å². The molecule has 1 atom stereocenters. The van der Waals surface area contributed by atoms with Crippen molar-refractivity contribution in [1.82, 2.24) is 0 Å². The third-order valence-electron chi connectivity index (χ3n) is 3.80. The average molecular weight is 379 g/mol. The molecular formula is C18H16Cl2N2O3. The van der Waals surface area contributed by atoms with Crippen molar-refractivity contribution in [3.63, 3.8) is 0 Å². The first-order chi connectivity index (χ1) is 12.0. The van der Waals surface area contributed by atoms with Gasteiger partial charge < -0.3 is 10.1 Å². The molecule has 1 fully saturated rings. The fourth-order valence-electron chi connectivity index (χ4n) is 2.68. The summed E-state index contributed by atoms with van der Waals surface area (Å²) in [6.45, 7) is 2.49. The van der Waals surface area contributed by atoms with Gasteiger partial charge in [-0.15, -0.1) is 0 Å². The fraction of sp³-hybridized carbons (Fsp3) is 0.222. The minimum atomic E-state index is -0.641. The zero-order valence-electron chi connectivity index (χ0n) is 13.5. The monoisotopic (exact) mass is 378 g/mol. The maximum atomic E-state index is 12.7. The van der Waals surface area contributed by atoms with Crippen molar-refractivity contribution in [2.75, 3.05) is 16.8 Å². The average Bonchev–Trinajstić information content (AvgIpc) is 2.84. The van der Waals surface area contributed by atoms with Crippen LogP contribution in [-0.4, -0.2) is 24.5 Å². The van der Waals surface area contributed by atoms with Gasteiger partial charge in [-0.3, -0.25) is 9.59 Å². The standard InChI is InChI=1S/C18H16Cl2N2O3/c1-2-25-13-6-4-12(5-7-13)21-15-10-17(23)22(18(15)24)16-8-3-11(19)9-14(16)20/h3-9,15,21H,2,10H2,1H3/t15-/m1/s1. The van der Waals surface area contributed by atoms with Crippen molar-refractivity contribution in [2.45, 2.75) is 19.4 Å². The molecule has 5 nitrogen and oxygen atoms in total. The largest absolute Gasteiger partial charge is 0.494 e. The van der Waals surface area contributed by atoms with Crippen LogP contribution in [0.5, 0.6) is 5.75 Å². The van der Waals surface area contributed by atoms with E-state index in [1.807, 2.05) is 6.92 Å². The molecule has 0 radical (unpaired) electrons. The number of benzene rings is 2. The van der Waals surface area contributed by atoms with E-state index in [-0.39, 0.29) is 23.3 Å². The molecule has 2 amide bonds. The van der Waals surface area contributed by atoms with Crippen molar-refractivity contribution in [1.29, 1.82) is 0 Å². The molecule has 1 N–H and O–H groups in total. The smallest absolute Gasteiger partial charge is 0.256 e. The lowest BCUT2D eigenvalue weighted by atomic mass is 10.2. The molecule has 7 heteroatoms. The van der Waals surface area contributed by atoms with Gasteiger partial charge in [-0.25, -0.2) is 4.90 Å². The van der Waals surface area contributed by atoms with Crippen molar-refractivity contribution < 1.29 is 14.3 Å². The molecule has 0 aromatic heterocycles. The van der Waals surface area contributed by atoms with E-state index < -0.39 is 6.04 Å². The van der Waals surface area contributed by atoms with Crippen LogP contribution < -0.4 is 15.0 Å². The molecule has 0 unspecified atom stereocenters. The summed E-state index contributed by atoms with van der Waals surface area (Å²) in [5, 5.41) is 3.79. The number of anilines is 2. The second kappa shape index (κ2) is 7.33. The summed E-state index contributed by atoms with van der Waals surface area (Å²) in [4.78, 5) is 26.1. The normalized spacial score (nSPS) is 17.1. The summed E-state index contributed by atoms with van der Waals surface area (Å²) in [6, 6.07) is 11.3. The van der Waals surface area contributed by atoms with Gasteiger partial charge in [0, 0.05) is 10.7 Å². The first kappa shape index (κ1) is 17.6. The van der Waals surface area contributed by atoms with Crippen LogP contribution in [0.4, 0.5) is 11.4 Å². The molecule has 1 saturated heterocycles. The van der Waals surface area contributed by atoms with Crippen LogP contribution in [-0.2, 0) is 9.59 Å². The highest BCUT2D eigenvalue weighted by Crippen LogP contribution is 2.33. The second-order valence-corrected chi connectivity index (χ2v) is 6.37. The third kappa shape index (κ3) is 3.72. The maximum Gasteiger partial charge on any atom is 0.256 e. The van der Waals surface area contributed by atoms with Gasteiger partial charge in [-0.05, 0) is 49.4 Å². The third-order valence-corrected chi connectivity index (χ3v) is 4.34. The van der Waals surface area contributed by atoms with Gasteiger partial charge in [0.15, 0.2) is 0 Å². The highest BCUT2D eigenvalue weighted by Gasteiger charge is 2.40. The second-order valence-electron chi connectivity index (χ2n) is 5.52. The van der Waals surface area contributed by atoms with Gasteiger partial charge in [0.05, 0.1) is 23.7 Å². The predicted molar refractivity (Wildman–Crippen MR) is 98.6 cm³/mol. The van der Waals surface area contributed by atoms with E-state index in [2.05, 4.69) is 5.32 Å². The van der Waals surface area contributed by atoms with E-state index in [1.165, 1.54) is 6.07 Å². The Morgan fingerprint density at radius 2 is 1.88 bits per heavy atom.